The molecule has 0 saturated heterocycles. The van der Waals surface area contributed by atoms with E-state index in [0.29, 0.717) is 13.1 Å². The van der Waals surface area contributed by atoms with Crippen molar-refractivity contribution in [3.05, 3.63) is 0 Å². The summed E-state index contributed by atoms with van der Waals surface area (Å²) >= 11 is 0. The summed E-state index contributed by atoms with van der Waals surface area (Å²) in [6, 6.07) is 0. The van der Waals surface area contributed by atoms with Crippen LogP contribution < -0.4 is 11.5 Å². The topological polar surface area (TPSA) is 74.2 Å². The number of hydrogen-bond acceptors (Lipinski definition) is 7. The maximum Gasteiger partial charge on any atom is 0.179 e. The van der Waals surface area contributed by atoms with Crippen molar-refractivity contribution in [1.82, 2.24) is 19.6 Å². The smallest absolute Gasteiger partial charge is 0.179 e. The Morgan fingerprint density at radius 2 is 1.00 bits per heavy atom. The van der Waals surface area contributed by atoms with Crippen molar-refractivity contribution in [3.63, 3.8) is 0 Å². The third kappa shape index (κ3) is 5.94. The molecular weight excluding hydrogens is 292 g/mol. The summed E-state index contributed by atoms with van der Waals surface area (Å²) in [5, 5.41) is 0. The predicted octanol–water partition coefficient (Wildman–Crippen LogP) is 0.0348. The minimum absolute atomic E-state index is 0.550. The molecule has 0 spiro atoms. The second kappa shape index (κ2) is 9.88. The van der Waals surface area contributed by atoms with Crippen LogP contribution in [-0.4, -0.2) is 99.8 Å². The summed E-state index contributed by atoms with van der Waals surface area (Å²) in [6.45, 7) is 7.30. The average Bonchev–Trinajstić information content (AvgIpc) is 2.49. The maximum atomic E-state index is 6.69. The fourth-order valence-corrected chi connectivity index (χ4v) is 2.46. The first-order valence-electron chi connectivity index (χ1n) is 8.43. The summed E-state index contributed by atoms with van der Waals surface area (Å²) in [5.41, 5.74) is 11.3. The Kier molecular flexibility index (Phi) is 9.76. The van der Waals surface area contributed by atoms with Crippen molar-refractivity contribution in [1.29, 1.82) is 0 Å². The molecule has 0 aliphatic rings. The number of ether oxygens (including phenoxy) is 1. The number of nitrogens with zero attached hydrogens (tertiary/aromatic N) is 4. The first-order valence-corrected chi connectivity index (χ1v) is 8.43. The highest BCUT2D eigenvalue weighted by Gasteiger charge is 2.44. The van der Waals surface area contributed by atoms with E-state index in [9.17, 15) is 0 Å². The Morgan fingerprint density at radius 1 is 0.696 bits per heavy atom. The van der Waals surface area contributed by atoms with E-state index in [1.54, 1.807) is 0 Å². The third-order valence-corrected chi connectivity index (χ3v) is 4.86. The van der Waals surface area contributed by atoms with Gasteiger partial charge in [-0.1, -0.05) is 0 Å². The second-order valence-corrected chi connectivity index (χ2v) is 6.89. The SMILES string of the molecule is CN(C)C(C)(OC(C)(N(C)C)N(C)CCCN)N(C)CCCN. The summed E-state index contributed by atoms with van der Waals surface area (Å²) in [7, 11) is 12.3. The summed E-state index contributed by atoms with van der Waals surface area (Å²) in [5.74, 6) is -1.10. The van der Waals surface area contributed by atoms with Gasteiger partial charge in [0.25, 0.3) is 0 Å². The molecule has 7 nitrogen and oxygen atoms in total. The van der Waals surface area contributed by atoms with Gasteiger partial charge in [0.1, 0.15) is 0 Å². The van der Waals surface area contributed by atoms with Gasteiger partial charge >= 0.3 is 0 Å². The molecule has 0 saturated carbocycles. The molecule has 0 aromatic heterocycles. The van der Waals surface area contributed by atoms with Crippen LogP contribution in [0, 0.1) is 0 Å². The Labute approximate surface area is 143 Å². The lowest BCUT2D eigenvalue weighted by molar-refractivity contribution is -0.342. The number of rotatable bonds is 12. The molecule has 0 fully saturated rings. The largest absolute Gasteiger partial charge is 0.330 e. The Hall–Kier alpha value is -0.280. The minimum atomic E-state index is -0.550. The molecule has 2 atom stereocenters. The van der Waals surface area contributed by atoms with E-state index in [1.165, 1.54) is 0 Å². The molecule has 7 heteroatoms. The van der Waals surface area contributed by atoms with Crippen LogP contribution in [0.2, 0.25) is 0 Å². The van der Waals surface area contributed by atoms with Crippen LogP contribution in [0.4, 0.5) is 0 Å². The normalized spacial score (nSPS) is 18.0. The van der Waals surface area contributed by atoms with Gasteiger partial charge in [-0.05, 0) is 82.1 Å². The predicted molar refractivity (Wildman–Crippen MR) is 97.9 cm³/mol. The fraction of sp³-hybridized carbons (Fsp3) is 1.00. The van der Waals surface area contributed by atoms with Gasteiger partial charge < -0.3 is 16.2 Å². The van der Waals surface area contributed by atoms with Crippen LogP contribution in [0.1, 0.15) is 26.7 Å². The Bertz CT molecular complexity index is 298. The van der Waals surface area contributed by atoms with Crippen molar-refractivity contribution >= 4 is 0 Å². The van der Waals surface area contributed by atoms with Crippen LogP contribution in [0.3, 0.4) is 0 Å². The highest BCUT2D eigenvalue weighted by atomic mass is 16.6. The van der Waals surface area contributed by atoms with Crippen molar-refractivity contribution in [2.75, 3.05) is 68.5 Å². The molecule has 0 amide bonds. The van der Waals surface area contributed by atoms with Crippen molar-refractivity contribution in [2.45, 2.75) is 38.4 Å². The highest BCUT2D eigenvalue weighted by molar-refractivity contribution is 4.80. The van der Waals surface area contributed by atoms with E-state index in [0.717, 1.165) is 25.9 Å². The Morgan fingerprint density at radius 3 is 1.22 bits per heavy atom. The van der Waals surface area contributed by atoms with E-state index in [2.05, 4.69) is 47.5 Å². The van der Waals surface area contributed by atoms with Gasteiger partial charge in [-0.2, -0.15) is 0 Å². The van der Waals surface area contributed by atoms with Gasteiger partial charge in [0, 0.05) is 13.1 Å². The lowest BCUT2D eigenvalue weighted by Crippen LogP contribution is -2.67. The van der Waals surface area contributed by atoms with Crippen LogP contribution in [0.15, 0.2) is 0 Å². The molecule has 0 aliphatic carbocycles. The van der Waals surface area contributed by atoms with E-state index in [-0.39, 0.29) is 0 Å². The van der Waals surface area contributed by atoms with Crippen molar-refractivity contribution in [2.24, 2.45) is 11.5 Å². The van der Waals surface area contributed by atoms with Crippen molar-refractivity contribution in [3.8, 4) is 0 Å². The monoisotopic (exact) mass is 332 g/mol. The molecule has 0 bridgehead atoms. The summed E-state index contributed by atoms with van der Waals surface area (Å²) in [6.07, 6.45) is 1.87. The molecule has 0 aromatic carbocycles. The maximum absolute atomic E-state index is 6.69. The zero-order valence-corrected chi connectivity index (χ0v) is 16.6. The van der Waals surface area contributed by atoms with E-state index >= 15 is 0 Å². The third-order valence-electron chi connectivity index (χ3n) is 4.86. The zero-order valence-electron chi connectivity index (χ0n) is 16.6. The fourth-order valence-electron chi connectivity index (χ4n) is 2.46. The second-order valence-electron chi connectivity index (χ2n) is 6.89. The minimum Gasteiger partial charge on any atom is -0.330 e. The van der Waals surface area contributed by atoms with E-state index in [4.69, 9.17) is 16.2 Å². The molecule has 2 unspecified atom stereocenters. The molecule has 0 rings (SSSR count). The lowest BCUT2D eigenvalue weighted by Gasteiger charge is -2.53. The van der Waals surface area contributed by atoms with E-state index in [1.807, 2.05) is 28.2 Å². The summed E-state index contributed by atoms with van der Waals surface area (Å²) < 4.78 is 6.69. The van der Waals surface area contributed by atoms with Gasteiger partial charge in [-0.15, -0.1) is 0 Å². The highest BCUT2D eigenvalue weighted by Crippen LogP contribution is 2.29. The average molecular weight is 333 g/mol. The number of hydrogen-bond donors (Lipinski definition) is 2. The van der Waals surface area contributed by atoms with Gasteiger partial charge in [0.05, 0.1) is 0 Å². The van der Waals surface area contributed by atoms with Crippen LogP contribution in [0.25, 0.3) is 0 Å². The van der Waals surface area contributed by atoms with E-state index < -0.39 is 11.7 Å². The van der Waals surface area contributed by atoms with Gasteiger partial charge in [0.2, 0.25) is 0 Å². The molecule has 140 valence electrons. The molecule has 23 heavy (non-hydrogen) atoms. The first-order chi connectivity index (χ1) is 10.6. The van der Waals surface area contributed by atoms with Gasteiger partial charge in [-0.25, -0.2) is 0 Å². The molecule has 0 radical (unpaired) electrons. The molecule has 4 N–H and O–H groups in total. The Balaban J connectivity index is 5.38. The molecular formula is C16H40N6O. The zero-order chi connectivity index (χ0) is 18.3. The van der Waals surface area contributed by atoms with Crippen LogP contribution in [0.5, 0.6) is 0 Å². The van der Waals surface area contributed by atoms with Crippen LogP contribution >= 0.6 is 0 Å². The quantitative estimate of drug-likeness (QED) is 0.489. The first kappa shape index (κ1) is 22.7. The molecule has 0 aromatic rings. The lowest BCUT2D eigenvalue weighted by atomic mass is 10.2. The standard InChI is InChI=1S/C16H40N6O/c1-15(19(3)4,21(7)13-9-11-17)23-16(2,20(5)6)22(8)14-10-12-18/h9-14,17-18H2,1-8H3. The summed E-state index contributed by atoms with van der Waals surface area (Å²) in [4.78, 5) is 8.61. The molecule has 0 aliphatic heterocycles. The van der Waals surface area contributed by atoms with Crippen molar-refractivity contribution < 1.29 is 4.74 Å². The van der Waals surface area contributed by atoms with Gasteiger partial charge in [-0.3, -0.25) is 19.6 Å². The molecule has 0 heterocycles. The van der Waals surface area contributed by atoms with Gasteiger partial charge in [0.15, 0.2) is 11.7 Å². The van der Waals surface area contributed by atoms with Crippen LogP contribution in [-0.2, 0) is 4.74 Å². The number of nitrogens with two attached hydrogens (primary N) is 2.